The normalized spacial score (nSPS) is 9.94. The van der Waals surface area contributed by atoms with Crippen LogP contribution >= 0.6 is 15.9 Å². The molecule has 0 atom stereocenters. The Kier molecular flexibility index (Phi) is 3.22. The van der Waals surface area contributed by atoms with Crippen molar-refractivity contribution < 1.29 is 14.8 Å². The topological polar surface area (TPSA) is 155 Å². The number of nitrogen functional groups attached to an aromatic ring is 1. The zero-order chi connectivity index (χ0) is 13.3. The summed E-state index contributed by atoms with van der Waals surface area (Å²) in [5, 5.41) is 31.8. The van der Waals surface area contributed by atoms with Crippen molar-refractivity contribution in [1.29, 1.82) is 0 Å². The molecule has 0 radical (unpaired) electrons. The molecule has 0 unspecified atom stereocenters. The van der Waals surface area contributed by atoms with Crippen molar-refractivity contribution in [3.8, 4) is 0 Å². The lowest BCUT2D eigenvalue weighted by Crippen LogP contribution is -2.04. The fourth-order valence-electron chi connectivity index (χ4n) is 1.09. The second-order valence-electron chi connectivity index (χ2n) is 2.76. The van der Waals surface area contributed by atoms with Gasteiger partial charge in [0.2, 0.25) is 0 Å². The number of anilines is 1. The minimum atomic E-state index is -1.03. The molecular formula is C6H3BrN4O6. The zero-order valence-electron chi connectivity index (χ0n) is 7.82. The molecule has 0 heterocycles. The third kappa shape index (κ3) is 2.13. The Morgan fingerprint density at radius 1 is 1.00 bits per heavy atom. The van der Waals surface area contributed by atoms with Crippen molar-refractivity contribution >= 4 is 38.7 Å². The molecule has 0 aliphatic heterocycles. The second-order valence-corrected chi connectivity index (χ2v) is 3.56. The molecule has 0 saturated heterocycles. The standard InChI is InChI=1S/C6H3BrN4O6/c7-4-2(9(12)13)1-3(10(14)15)5(8)6(4)11(16)17/h1H,8H2. The lowest BCUT2D eigenvalue weighted by molar-refractivity contribution is -0.403. The highest BCUT2D eigenvalue weighted by Crippen LogP contribution is 2.43. The molecule has 0 aromatic heterocycles. The summed E-state index contributed by atoms with van der Waals surface area (Å²) in [5.41, 5.74) is 1.91. The molecule has 10 nitrogen and oxygen atoms in total. The first-order chi connectivity index (χ1) is 7.77. The van der Waals surface area contributed by atoms with Gasteiger partial charge in [-0.15, -0.1) is 0 Å². The van der Waals surface area contributed by atoms with Gasteiger partial charge in [0.05, 0.1) is 20.8 Å². The molecule has 1 aromatic carbocycles. The minimum Gasteiger partial charge on any atom is -0.387 e. The van der Waals surface area contributed by atoms with Crippen molar-refractivity contribution in [2.24, 2.45) is 0 Å². The highest BCUT2D eigenvalue weighted by atomic mass is 79.9. The molecule has 11 heteroatoms. The van der Waals surface area contributed by atoms with E-state index < -0.39 is 42.0 Å². The van der Waals surface area contributed by atoms with Crippen LogP contribution in [-0.4, -0.2) is 14.8 Å². The summed E-state index contributed by atoms with van der Waals surface area (Å²) in [4.78, 5) is 28.7. The molecule has 0 bridgehead atoms. The summed E-state index contributed by atoms with van der Waals surface area (Å²) >= 11 is 2.63. The Morgan fingerprint density at radius 3 is 1.82 bits per heavy atom. The molecule has 0 aliphatic rings. The number of rotatable bonds is 3. The van der Waals surface area contributed by atoms with E-state index in [-0.39, 0.29) is 0 Å². The van der Waals surface area contributed by atoms with Crippen LogP contribution < -0.4 is 5.73 Å². The maximum absolute atomic E-state index is 10.6. The van der Waals surface area contributed by atoms with Crippen LogP contribution in [0.5, 0.6) is 0 Å². The quantitative estimate of drug-likeness (QED) is 0.506. The lowest BCUT2D eigenvalue weighted by atomic mass is 10.2. The monoisotopic (exact) mass is 306 g/mol. The fraction of sp³-hybridized carbons (Fsp3) is 0. The first-order valence-corrected chi connectivity index (χ1v) is 4.61. The van der Waals surface area contributed by atoms with Gasteiger partial charge in [-0.2, -0.15) is 0 Å². The van der Waals surface area contributed by atoms with Gasteiger partial charge in [-0.3, -0.25) is 30.3 Å². The molecular weight excluding hydrogens is 304 g/mol. The predicted octanol–water partition coefficient (Wildman–Crippen LogP) is 1.76. The van der Waals surface area contributed by atoms with E-state index in [2.05, 4.69) is 15.9 Å². The molecule has 1 rings (SSSR count). The van der Waals surface area contributed by atoms with Gasteiger partial charge < -0.3 is 5.73 Å². The van der Waals surface area contributed by atoms with E-state index in [9.17, 15) is 30.3 Å². The number of nitrogens with two attached hydrogens (primary N) is 1. The van der Waals surface area contributed by atoms with Crippen molar-refractivity contribution in [3.05, 3.63) is 40.9 Å². The van der Waals surface area contributed by atoms with E-state index in [1.54, 1.807) is 0 Å². The summed E-state index contributed by atoms with van der Waals surface area (Å²) in [6, 6.07) is 0.562. The maximum Gasteiger partial charge on any atom is 0.320 e. The smallest absolute Gasteiger partial charge is 0.320 e. The van der Waals surface area contributed by atoms with Gasteiger partial charge in [-0.05, 0) is 15.9 Å². The van der Waals surface area contributed by atoms with Gasteiger partial charge >= 0.3 is 11.4 Å². The second kappa shape index (κ2) is 4.29. The Labute approximate surface area is 101 Å². The number of nitro benzene ring substituents is 3. The molecule has 0 fully saturated rings. The van der Waals surface area contributed by atoms with Gasteiger partial charge in [-0.25, -0.2) is 0 Å². The van der Waals surface area contributed by atoms with E-state index >= 15 is 0 Å². The van der Waals surface area contributed by atoms with Crippen LogP contribution in [0.3, 0.4) is 0 Å². The first-order valence-electron chi connectivity index (χ1n) is 3.82. The third-order valence-electron chi connectivity index (χ3n) is 1.81. The molecule has 17 heavy (non-hydrogen) atoms. The Balaban J connectivity index is 3.76. The highest BCUT2D eigenvalue weighted by Gasteiger charge is 2.34. The summed E-state index contributed by atoms with van der Waals surface area (Å²) in [7, 11) is 0. The van der Waals surface area contributed by atoms with Crippen LogP contribution in [0.1, 0.15) is 0 Å². The summed E-state index contributed by atoms with van der Waals surface area (Å²) in [5.74, 6) is 0. The van der Waals surface area contributed by atoms with E-state index in [1.165, 1.54) is 0 Å². The number of nitro groups is 3. The number of hydrogen-bond acceptors (Lipinski definition) is 7. The molecule has 90 valence electrons. The van der Waals surface area contributed by atoms with Gasteiger partial charge in [0.15, 0.2) is 10.2 Å². The van der Waals surface area contributed by atoms with Gasteiger partial charge in [-0.1, -0.05) is 0 Å². The van der Waals surface area contributed by atoms with Crippen LogP contribution in [-0.2, 0) is 0 Å². The molecule has 0 spiro atoms. The fourth-order valence-corrected chi connectivity index (χ4v) is 1.71. The van der Waals surface area contributed by atoms with Crippen LogP contribution in [0, 0.1) is 30.3 Å². The van der Waals surface area contributed by atoms with Crippen molar-refractivity contribution in [3.63, 3.8) is 0 Å². The van der Waals surface area contributed by atoms with Crippen molar-refractivity contribution in [2.75, 3.05) is 5.73 Å². The third-order valence-corrected chi connectivity index (χ3v) is 2.60. The van der Waals surface area contributed by atoms with E-state index in [1.807, 2.05) is 0 Å². The summed E-state index contributed by atoms with van der Waals surface area (Å²) in [6.45, 7) is 0. The number of halogens is 1. The molecule has 0 saturated carbocycles. The Morgan fingerprint density at radius 2 is 1.47 bits per heavy atom. The van der Waals surface area contributed by atoms with E-state index in [0.29, 0.717) is 6.07 Å². The first kappa shape index (κ1) is 12.8. The number of benzene rings is 1. The summed E-state index contributed by atoms with van der Waals surface area (Å²) < 4.78 is -0.504. The van der Waals surface area contributed by atoms with Crippen LogP contribution in [0.2, 0.25) is 0 Å². The Hall–Kier alpha value is -2.30. The van der Waals surface area contributed by atoms with E-state index in [0.717, 1.165) is 0 Å². The SMILES string of the molecule is Nc1c([N+](=O)[O-])cc([N+](=O)[O-])c(Br)c1[N+](=O)[O-]. The van der Waals surface area contributed by atoms with Crippen molar-refractivity contribution in [1.82, 2.24) is 0 Å². The van der Waals surface area contributed by atoms with Gasteiger partial charge in [0.1, 0.15) is 0 Å². The molecule has 2 N–H and O–H groups in total. The number of nitrogens with zero attached hydrogens (tertiary/aromatic N) is 3. The molecule has 0 aliphatic carbocycles. The predicted molar refractivity (Wildman–Crippen MR) is 58.5 cm³/mol. The average Bonchev–Trinajstić information content (AvgIpc) is 2.15. The minimum absolute atomic E-state index is 0.504. The largest absolute Gasteiger partial charge is 0.387 e. The highest BCUT2D eigenvalue weighted by molar-refractivity contribution is 9.10. The van der Waals surface area contributed by atoms with Crippen LogP contribution in [0.4, 0.5) is 22.7 Å². The molecule has 0 amide bonds. The summed E-state index contributed by atoms with van der Waals surface area (Å²) in [6.07, 6.45) is 0. The van der Waals surface area contributed by atoms with Gasteiger partial charge in [0.25, 0.3) is 5.69 Å². The zero-order valence-corrected chi connectivity index (χ0v) is 9.41. The lowest BCUT2D eigenvalue weighted by Gasteiger charge is -2.02. The van der Waals surface area contributed by atoms with Crippen molar-refractivity contribution in [2.45, 2.75) is 0 Å². The van der Waals surface area contributed by atoms with E-state index in [4.69, 9.17) is 5.73 Å². The average molecular weight is 307 g/mol. The molecule has 1 aromatic rings. The Bertz CT molecular complexity index is 506. The van der Waals surface area contributed by atoms with Gasteiger partial charge in [0, 0.05) is 0 Å². The maximum atomic E-state index is 10.6. The van der Waals surface area contributed by atoms with Crippen LogP contribution in [0.15, 0.2) is 10.5 Å². The van der Waals surface area contributed by atoms with Crippen LogP contribution in [0.25, 0.3) is 0 Å². The number of hydrogen-bond donors (Lipinski definition) is 1.